The first-order valence-corrected chi connectivity index (χ1v) is 12.2. The molecule has 0 amide bonds. The maximum absolute atomic E-state index is 12.1. The highest BCUT2D eigenvalue weighted by Crippen LogP contribution is 2.04. The van der Waals surface area contributed by atoms with Gasteiger partial charge in [-0.25, -0.2) is 9.59 Å². The molecule has 2 N–H and O–H groups in total. The summed E-state index contributed by atoms with van der Waals surface area (Å²) in [6, 6.07) is 7.01. The Morgan fingerprint density at radius 1 is 0.588 bits per heavy atom. The minimum atomic E-state index is -0.323. The Balaban J connectivity index is 1.68. The molecule has 2 aromatic rings. The average Bonchev–Trinajstić information content (AvgIpc) is 2.87. The molecule has 2 heterocycles. The number of ether oxygens (including phenoxy) is 2. The van der Waals surface area contributed by atoms with Crippen molar-refractivity contribution in [3.8, 4) is 0 Å². The van der Waals surface area contributed by atoms with E-state index in [9.17, 15) is 9.59 Å². The molecule has 0 atom stereocenters. The molecule has 0 aliphatic carbocycles. The smallest absolute Gasteiger partial charge is 0.338 e. The van der Waals surface area contributed by atoms with Crippen molar-refractivity contribution in [2.24, 2.45) is 0 Å². The van der Waals surface area contributed by atoms with Crippen LogP contribution < -0.4 is 9.13 Å². The van der Waals surface area contributed by atoms with Gasteiger partial charge in [0.05, 0.1) is 24.3 Å². The third kappa shape index (κ3) is 10.9. The van der Waals surface area contributed by atoms with E-state index in [1.54, 1.807) is 24.3 Å². The molecule has 0 aromatic carbocycles. The van der Waals surface area contributed by atoms with Crippen molar-refractivity contribution in [2.45, 2.75) is 64.5 Å². The van der Waals surface area contributed by atoms with Crippen LogP contribution >= 0.6 is 0 Å². The van der Waals surface area contributed by atoms with Crippen LogP contribution in [0.25, 0.3) is 0 Å². The lowest BCUT2D eigenvalue weighted by atomic mass is 10.2. The number of pyridine rings is 2. The number of hydrogen-bond donors (Lipinski definition) is 2. The Morgan fingerprint density at radius 2 is 0.941 bits per heavy atom. The van der Waals surface area contributed by atoms with Crippen molar-refractivity contribution >= 4 is 11.9 Å². The molecule has 0 fully saturated rings. The fourth-order valence-corrected chi connectivity index (χ4v) is 3.35. The first-order valence-electron chi connectivity index (χ1n) is 12.2. The highest BCUT2D eigenvalue weighted by atomic mass is 16.5. The van der Waals surface area contributed by atoms with Crippen molar-refractivity contribution < 1.29 is 38.4 Å². The van der Waals surface area contributed by atoms with Crippen LogP contribution in [0.15, 0.2) is 49.1 Å². The second-order valence-corrected chi connectivity index (χ2v) is 8.20. The summed E-state index contributed by atoms with van der Waals surface area (Å²) in [5.41, 5.74) is 1.05. The summed E-state index contributed by atoms with van der Waals surface area (Å²) < 4.78 is 14.6. The molecule has 0 aliphatic heterocycles. The molecule has 0 spiro atoms. The molecule has 34 heavy (non-hydrogen) atoms. The van der Waals surface area contributed by atoms with Crippen LogP contribution in [0.2, 0.25) is 0 Å². The van der Waals surface area contributed by atoms with E-state index in [0.29, 0.717) is 37.4 Å². The molecule has 0 radical (unpaired) electrons. The lowest BCUT2D eigenvalue weighted by Gasteiger charge is -2.05. The minimum Gasteiger partial charge on any atom is -0.462 e. The molecule has 8 heteroatoms. The van der Waals surface area contributed by atoms with Crippen LogP contribution in [0.5, 0.6) is 0 Å². The van der Waals surface area contributed by atoms with Gasteiger partial charge in [0.2, 0.25) is 13.1 Å². The third-order valence-electron chi connectivity index (χ3n) is 5.44. The summed E-state index contributed by atoms with van der Waals surface area (Å²) in [5, 5.41) is 17.5. The summed E-state index contributed by atoms with van der Waals surface area (Å²) in [5.74, 6) is -0.646. The normalized spacial score (nSPS) is 10.8. The van der Waals surface area contributed by atoms with E-state index in [2.05, 4.69) is 0 Å². The van der Waals surface area contributed by atoms with E-state index in [0.717, 1.165) is 51.4 Å². The highest BCUT2D eigenvalue weighted by Gasteiger charge is 2.13. The number of aliphatic hydroxyl groups excluding tert-OH is 2. The van der Waals surface area contributed by atoms with Gasteiger partial charge in [0, 0.05) is 37.5 Å². The van der Waals surface area contributed by atoms with Gasteiger partial charge in [0.15, 0.2) is 24.8 Å². The highest BCUT2D eigenvalue weighted by molar-refractivity contribution is 5.89. The SMILES string of the molecule is O=C(OCCCCCCO)c1cc[n+](CC[n+]2ccc(C(=O)OCCCCCCO)cc2)cc1. The molecule has 2 rings (SSSR count). The van der Waals surface area contributed by atoms with Crippen LogP contribution in [0, 0.1) is 0 Å². The standard InChI is InChI=1S/C26H38N2O6/c29-19-5-1-3-7-21-33-25(31)23-9-13-27(14-10-23)17-18-28-15-11-24(12-16-28)26(32)34-22-8-4-2-6-20-30/h9-16,29-30H,1-8,17-22H2/q+2. The summed E-state index contributed by atoms with van der Waals surface area (Å²) in [7, 11) is 0. The number of nitrogens with zero attached hydrogens (tertiary/aromatic N) is 2. The summed E-state index contributed by atoms with van der Waals surface area (Å²) in [6.07, 6.45) is 14.3. The van der Waals surface area contributed by atoms with Crippen LogP contribution in [-0.4, -0.2) is 48.6 Å². The van der Waals surface area contributed by atoms with Crippen molar-refractivity contribution in [1.82, 2.24) is 0 Å². The molecule has 8 nitrogen and oxygen atoms in total. The van der Waals surface area contributed by atoms with E-state index in [4.69, 9.17) is 19.7 Å². The zero-order valence-electron chi connectivity index (χ0n) is 19.9. The first kappa shape index (κ1) is 27.4. The first-order chi connectivity index (χ1) is 16.6. The molecular formula is C26H38N2O6+2. The lowest BCUT2D eigenvalue weighted by molar-refractivity contribution is -0.778. The fourth-order valence-electron chi connectivity index (χ4n) is 3.35. The molecule has 0 saturated heterocycles. The summed E-state index contributed by atoms with van der Waals surface area (Å²) in [6.45, 7) is 2.62. The molecule has 0 aliphatic rings. The Labute approximate surface area is 201 Å². The number of rotatable bonds is 17. The minimum absolute atomic E-state index is 0.204. The second-order valence-electron chi connectivity index (χ2n) is 8.20. The van der Waals surface area contributed by atoms with Crippen molar-refractivity contribution in [3.63, 3.8) is 0 Å². The zero-order valence-corrected chi connectivity index (χ0v) is 19.9. The number of aromatic nitrogens is 2. The topological polar surface area (TPSA) is 101 Å². The molecule has 2 aromatic heterocycles. The van der Waals surface area contributed by atoms with Gasteiger partial charge >= 0.3 is 11.9 Å². The quantitative estimate of drug-likeness (QED) is 0.207. The summed E-state index contributed by atoms with van der Waals surface area (Å²) >= 11 is 0. The number of carbonyl (C=O) groups is 2. The molecule has 186 valence electrons. The lowest BCUT2D eigenvalue weighted by Crippen LogP contribution is -2.44. The number of carbonyl (C=O) groups excluding carboxylic acids is 2. The average molecular weight is 475 g/mol. The Kier molecular flexibility index (Phi) is 13.5. The monoisotopic (exact) mass is 474 g/mol. The number of hydrogen-bond acceptors (Lipinski definition) is 6. The van der Waals surface area contributed by atoms with Crippen molar-refractivity contribution in [1.29, 1.82) is 0 Å². The van der Waals surface area contributed by atoms with Crippen LogP contribution in [0.3, 0.4) is 0 Å². The van der Waals surface area contributed by atoms with Gasteiger partial charge < -0.3 is 19.7 Å². The predicted octanol–water partition coefficient (Wildman–Crippen LogP) is 2.38. The number of aryl methyl sites for hydroxylation is 2. The van der Waals surface area contributed by atoms with Gasteiger partial charge in [0.1, 0.15) is 0 Å². The number of esters is 2. The Bertz CT molecular complexity index is 768. The van der Waals surface area contributed by atoms with Gasteiger partial charge in [-0.2, -0.15) is 9.13 Å². The molecular weight excluding hydrogens is 436 g/mol. The summed E-state index contributed by atoms with van der Waals surface area (Å²) in [4.78, 5) is 24.2. The zero-order chi connectivity index (χ0) is 24.4. The van der Waals surface area contributed by atoms with Gasteiger partial charge in [-0.3, -0.25) is 0 Å². The van der Waals surface area contributed by atoms with E-state index in [-0.39, 0.29) is 25.2 Å². The maximum Gasteiger partial charge on any atom is 0.338 e. The number of unbranched alkanes of at least 4 members (excludes halogenated alkanes) is 6. The van der Waals surface area contributed by atoms with Gasteiger partial charge in [-0.1, -0.05) is 12.8 Å². The van der Waals surface area contributed by atoms with Crippen molar-refractivity contribution in [3.05, 3.63) is 60.2 Å². The van der Waals surface area contributed by atoms with Gasteiger partial charge in [-0.05, 0) is 38.5 Å². The Hall–Kier alpha value is -2.84. The van der Waals surface area contributed by atoms with E-state index < -0.39 is 0 Å². The van der Waals surface area contributed by atoms with Crippen LogP contribution in [0.1, 0.15) is 72.1 Å². The molecule has 0 saturated carbocycles. The van der Waals surface area contributed by atoms with Crippen LogP contribution in [-0.2, 0) is 22.6 Å². The van der Waals surface area contributed by atoms with Gasteiger partial charge in [-0.15, -0.1) is 0 Å². The fraction of sp³-hybridized carbons (Fsp3) is 0.538. The van der Waals surface area contributed by atoms with Crippen LogP contribution in [0.4, 0.5) is 0 Å². The Morgan fingerprint density at radius 3 is 1.29 bits per heavy atom. The third-order valence-corrected chi connectivity index (χ3v) is 5.44. The number of aliphatic hydroxyl groups is 2. The second kappa shape index (κ2) is 16.7. The van der Waals surface area contributed by atoms with E-state index >= 15 is 0 Å². The van der Waals surface area contributed by atoms with E-state index in [1.807, 2.05) is 33.9 Å². The molecule has 0 bridgehead atoms. The molecule has 0 unspecified atom stereocenters. The maximum atomic E-state index is 12.1. The van der Waals surface area contributed by atoms with Crippen molar-refractivity contribution in [2.75, 3.05) is 26.4 Å². The largest absolute Gasteiger partial charge is 0.462 e. The predicted molar refractivity (Wildman–Crippen MR) is 125 cm³/mol. The van der Waals surface area contributed by atoms with E-state index in [1.165, 1.54) is 0 Å². The van der Waals surface area contributed by atoms with Gasteiger partial charge in [0.25, 0.3) is 0 Å².